The van der Waals surface area contributed by atoms with Gasteiger partial charge in [-0.1, -0.05) is 26.2 Å². The molecule has 0 aliphatic heterocycles. The van der Waals surface area contributed by atoms with Gasteiger partial charge >= 0.3 is 0 Å². The molecule has 0 saturated carbocycles. The van der Waals surface area contributed by atoms with Gasteiger partial charge in [0.05, 0.1) is 27.9 Å². The third kappa shape index (κ3) is 4.93. The summed E-state index contributed by atoms with van der Waals surface area (Å²) in [5.41, 5.74) is 1.01. The zero-order chi connectivity index (χ0) is 14.8. The molecule has 0 heterocycles. The summed E-state index contributed by atoms with van der Waals surface area (Å²) >= 11 is 0. The molecule has 0 atom stereocenters. The van der Waals surface area contributed by atoms with Gasteiger partial charge in [0.1, 0.15) is 0 Å². The Balaban J connectivity index is 2.57. The zero-order valence-corrected chi connectivity index (χ0v) is 12.7. The number of unbranched alkanes of at least 4 members (excludes halogenated alkanes) is 3. The van der Waals surface area contributed by atoms with Crippen LogP contribution in [0.15, 0.2) is 12.1 Å². The minimum absolute atomic E-state index is 0.543. The topological polar surface area (TPSA) is 36.9 Å². The highest BCUT2D eigenvalue weighted by Gasteiger charge is 2.12. The van der Waals surface area contributed by atoms with Crippen LogP contribution in [0.1, 0.15) is 31.2 Å². The van der Waals surface area contributed by atoms with Crippen LogP contribution in [0.5, 0.6) is 17.2 Å². The standard InChI is InChI=1S/C16H25O4/c1-5-6-7-8-9-20-12-13-10-14(17-2)16(19-4)15(11-13)18-3/h10-11H,1,5-9,12H2,2-4H3. The van der Waals surface area contributed by atoms with Crippen molar-refractivity contribution in [2.24, 2.45) is 0 Å². The summed E-state index contributed by atoms with van der Waals surface area (Å²) in [6.07, 6.45) is 4.39. The van der Waals surface area contributed by atoms with Crippen LogP contribution in [0.3, 0.4) is 0 Å². The minimum atomic E-state index is 0.543. The van der Waals surface area contributed by atoms with Gasteiger partial charge in [0.2, 0.25) is 5.75 Å². The zero-order valence-electron chi connectivity index (χ0n) is 12.7. The van der Waals surface area contributed by atoms with E-state index in [9.17, 15) is 0 Å². The van der Waals surface area contributed by atoms with Gasteiger partial charge in [0.25, 0.3) is 0 Å². The molecule has 1 aromatic rings. The van der Waals surface area contributed by atoms with E-state index >= 15 is 0 Å². The van der Waals surface area contributed by atoms with Gasteiger partial charge in [0.15, 0.2) is 11.5 Å². The molecule has 0 N–H and O–H groups in total. The van der Waals surface area contributed by atoms with E-state index in [1.807, 2.05) is 12.1 Å². The molecule has 0 saturated heterocycles. The lowest BCUT2D eigenvalue weighted by Crippen LogP contribution is -2.00. The third-order valence-electron chi connectivity index (χ3n) is 3.03. The van der Waals surface area contributed by atoms with E-state index in [4.69, 9.17) is 18.9 Å². The predicted octanol–water partition coefficient (Wildman–Crippen LogP) is 3.62. The number of rotatable bonds is 10. The Morgan fingerprint density at radius 1 is 0.900 bits per heavy atom. The summed E-state index contributed by atoms with van der Waals surface area (Å²) in [6, 6.07) is 3.83. The van der Waals surface area contributed by atoms with Gasteiger partial charge in [-0.3, -0.25) is 0 Å². The summed E-state index contributed by atoms with van der Waals surface area (Å²) < 4.78 is 21.6. The summed E-state index contributed by atoms with van der Waals surface area (Å²) in [7, 11) is 4.82. The Hall–Kier alpha value is -1.42. The van der Waals surface area contributed by atoms with Crippen molar-refractivity contribution >= 4 is 0 Å². The van der Waals surface area contributed by atoms with Crippen molar-refractivity contribution in [2.45, 2.75) is 32.3 Å². The summed E-state index contributed by atoms with van der Waals surface area (Å²) in [4.78, 5) is 0. The second kappa shape index (κ2) is 9.48. The monoisotopic (exact) mass is 281 g/mol. The predicted molar refractivity (Wildman–Crippen MR) is 79.6 cm³/mol. The highest BCUT2D eigenvalue weighted by molar-refractivity contribution is 5.53. The van der Waals surface area contributed by atoms with Crippen LogP contribution in [0.2, 0.25) is 0 Å². The smallest absolute Gasteiger partial charge is 0.203 e. The van der Waals surface area contributed by atoms with E-state index < -0.39 is 0 Å². The molecule has 0 fully saturated rings. The molecular weight excluding hydrogens is 256 g/mol. The molecule has 1 radical (unpaired) electrons. The Bertz CT molecular complexity index is 365. The first-order valence-corrected chi connectivity index (χ1v) is 6.92. The first-order valence-electron chi connectivity index (χ1n) is 6.92. The molecule has 0 aliphatic carbocycles. The largest absolute Gasteiger partial charge is 0.493 e. The molecule has 0 amide bonds. The van der Waals surface area contributed by atoms with E-state index in [0.717, 1.165) is 31.4 Å². The molecule has 4 nitrogen and oxygen atoms in total. The maximum Gasteiger partial charge on any atom is 0.203 e. The van der Waals surface area contributed by atoms with Crippen molar-refractivity contribution in [1.29, 1.82) is 0 Å². The van der Waals surface area contributed by atoms with E-state index in [0.29, 0.717) is 23.9 Å². The van der Waals surface area contributed by atoms with Crippen molar-refractivity contribution in [2.75, 3.05) is 27.9 Å². The van der Waals surface area contributed by atoms with Crippen LogP contribution in [-0.2, 0) is 11.3 Å². The van der Waals surface area contributed by atoms with Crippen molar-refractivity contribution in [3.05, 3.63) is 24.6 Å². The molecule has 1 rings (SSSR count). The Morgan fingerprint density at radius 3 is 2.05 bits per heavy atom. The lowest BCUT2D eigenvalue weighted by atomic mass is 10.2. The average Bonchev–Trinajstić information content (AvgIpc) is 2.49. The Kier molecular flexibility index (Phi) is 7.88. The van der Waals surface area contributed by atoms with Gasteiger partial charge < -0.3 is 18.9 Å². The molecule has 0 bridgehead atoms. The maximum absolute atomic E-state index is 5.67. The van der Waals surface area contributed by atoms with E-state index in [-0.39, 0.29) is 0 Å². The fourth-order valence-corrected chi connectivity index (χ4v) is 1.97. The number of hydrogen-bond donors (Lipinski definition) is 0. The van der Waals surface area contributed by atoms with Gasteiger partial charge in [0, 0.05) is 6.61 Å². The fourth-order valence-electron chi connectivity index (χ4n) is 1.97. The van der Waals surface area contributed by atoms with Crippen LogP contribution in [0, 0.1) is 6.92 Å². The molecule has 20 heavy (non-hydrogen) atoms. The lowest BCUT2D eigenvalue weighted by molar-refractivity contribution is 0.116. The highest BCUT2D eigenvalue weighted by Crippen LogP contribution is 2.38. The first kappa shape index (κ1) is 16.6. The maximum atomic E-state index is 5.67. The number of hydrogen-bond acceptors (Lipinski definition) is 4. The third-order valence-corrected chi connectivity index (χ3v) is 3.03. The van der Waals surface area contributed by atoms with Gasteiger partial charge in [-0.25, -0.2) is 0 Å². The van der Waals surface area contributed by atoms with Crippen molar-refractivity contribution in [1.82, 2.24) is 0 Å². The van der Waals surface area contributed by atoms with Crippen LogP contribution in [0.25, 0.3) is 0 Å². The Morgan fingerprint density at radius 2 is 1.55 bits per heavy atom. The molecular formula is C16H25O4. The second-order valence-electron chi connectivity index (χ2n) is 4.50. The van der Waals surface area contributed by atoms with Crippen molar-refractivity contribution in [3.63, 3.8) is 0 Å². The van der Waals surface area contributed by atoms with Crippen LogP contribution in [-0.4, -0.2) is 27.9 Å². The van der Waals surface area contributed by atoms with Gasteiger partial charge in [-0.15, -0.1) is 0 Å². The second-order valence-corrected chi connectivity index (χ2v) is 4.50. The van der Waals surface area contributed by atoms with Gasteiger partial charge in [-0.2, -0.15) is 0 Å². The molecule has 0 spiro atoms. The summed E-state index contributed by atoms with van der Waals surface area (Å²) in [6.45, 7) is 5.13. The fraction of sp³-hybridized carbons (Fsp3) is 0.562. The van der Waals surface area contributed by atoms with Crippen molar-refractivity contribution in [3.8, 4) is 17.2 Å². The van der Waals surface area contributed by atoms with Crippen molar-refractivity contribution < 1.29 is 18.9 Å². The molecule has 0 unspecified atom stereocenters. The van der Waals surface area contributed by atoms with Crippen LogP contribution in [0.4, 0.5) is 0 Å². The van der Waals surface area contributed by atoms with Crippen LogP contribution < -0.4 is 14.2 Å². The summed E-state index contributed by atoms with van der Waals surface area (Å²) in [5.74, 6) is 1.92. The summed E-state index contributed by atoms with van der Waals surface area (Å²) in [5, 5.41) is 0. The number of methoxy groups -OCH3 is 3. The normalized spacial score (nSPS) is 10.4. The lowest BCUT2D eigenvalue weighted by Gasteiger charge is -2.14. The SMILES string of the molecule is [CH2]CCCCCOCc1cc(OC)c(OC)c(OC)c1. The Labute approximate surface area is 122 Å². The highest BCUT2D eigenvalue weighted by atomic mass is 16.5. The van der Waals surface area contributed by atoms with E-state index in [2.05, 4.69) is 6.92 Å². The van der Waals surface area contributed by atoms with E-state index in [1.54, 1.807) is 21.3 Å². The quantitative estimate of drug-likeness (QED) is 0.614. The molecule has 0 aromatic heterocycles. The minimum Gasteiger partial charge on any atom is -0.493 e. The average molecular weight is 281 g/mol. The molecule has 0 aliphatic rings. The molecule has 4 heteroatoms. The van der Waals surface area contributed by atoms with Crippen LogP contribution >= 0.6 is 0 Å². The first-order chi connectivity index (χ1) is 9.76. The van der Waals surface area contributed by atoms with Gasteiger partial charge in [-0.05, 0) is 24.1 Å². The molecule has 1 aromatic carbocycles. The number of benzene rings is 1. The molecule has 113 valence electrons. The van der Waals surface area contributed by atoms with E-state index in [1.165, 1.54) is 6.42 Å². The number of ether oxygens (including phenoxy) is 4.